The zero-order valence-electron chi connectivity index (χ0n) is 12.1. The standard InChI is InChI=1S/C14H24N4O/c1-4-18-8-6-5-7-12(18)9-15-14(19)13-10-16-17(3)11(13)2/h10,12H,4-9H2,1-3H3,(H,15,19)/t12-/m1/s1. The van der Waals surface area contributed by atoms with Crippen LogP contribution >= 0.6 is 0 Å². The van der Waals surface area contributed by atoms with Gasteiger partial charge in [0.25, 0.3) is 5.91 Å². The molecule has 1 fully saturated rings. The predicted octanol–water partition coefficient (Wildman–Crippen LogP) is 1.33. The number of likely N-dealkylation sites (tertiary alicyclic amines) is 1. The summed E-state index contributed by atoms with van der Waals surface area (Å²) >= 11 is 0. The van der Waals surface area contributed by atoms with Crippen molar-refractivity contribution in [1.29, 1.82) is 0 Å². The van der Waals surface area contributed by atoms with Crippen LogP contribution < -0.4 is 5.32 Å². The number of amides is 1. The van der Waals surface area contributed by atoms with Gasteiger partial charge in [0.05, 0.1) is 11.8 Å². The zero-order chi connectivity index (χ0) is 13.8. The van der Waals surface area contributed by atoms with Crippen LogP contribution in [0.25, 0.3) is 0 Å². The third-order valence-electron chi connectivity index (χ3n) is 4.13. The molecular weight excluding hydrogens is 240 g/mol. The number of piperidine rings is 1. The van der Waals surface area contributed by atoms with Gasteiger partial charge < -0.3 is 5.32 Å². The number of hydrogen-bond acceptors (Lipinski definition) is 3. The van der Waals surface area contributed by atoms with Crippen LogP contribution in [0.3, 0.4) is 0 Å². The zero-order valence-corrected chi connectivity index (χ0v) is 12.1. The van der Waals surface area contributed by atoms with Crippen LogP contribution in [0.15, 0.2) is 6.20 Å². The second-order valence-corrected chi connectivity index (χ2v) is 5.26. The smallest absolute Gasteiger partial charge is 0.254 e. The first-order valence-corrected chi connectivity index (χ1v) is 7.14. The first-order chi connectivity index (χ1) is 9.13. The number of carbonyl (C=O) groups is 1. The van der Waals surface area contributed by atoms with Crippen molar-refractivity contribution in [2.75, 3.05) is 19.6 Å². The maximum absolute atomic E-state index is 12.1. The number of carbonyl (C=O) groups excluding carboxylic acids is 1. The van der Waals surface area contributed by atoms with Gasteiger partial charge in [-0.25, -0.2) is 0 Å². The fourth-order valence-electron chi connectivity index (χ4n) is 2.73. The van der Waals surface area contributed by atoms with Crippen LogP contribution in [0.1, 0.15) is 42.2 Å². The summed E-state index contributed by atoms with van der Waals surface area (Å²) < 4.78 is 1.73. The van der Waals surface area contributed by atoms with Gasteiger partial charge in [-0.1, -0.05) is 13.3 Å². The summed E-state index contributed by atoms with van der Waals surface area (Å²) in [4.78, 5) is 14.6. The van der Waals surface area contributed by atoms with Crippen LogP contribution in [0, 0.1) is 6.92 Å². The van der Waals surface area contributed by atoms with E-state index in [0.29, 0.717) is 11.6 Å². The van der Waals surface area contributed by atoms with E-state index in [1.54, 1.807) is 10.9 Å². The molecule has 19 heavy (non-hydrogen) atoms. The first-order valence-electron chi connectivity index (χ1n) is 7.14. The molecule has 1 atom stereocenters. The second-order valence-electron chi connectivity index (χ2n) is 5.26. The average Bonchev–Trinajstić information content (AvgIpc) is 2.77. The molecule has 1 aromatic heterocycles. The molecule has 1 saturated heterocycles. The van der Waals surface area contributed by atoms with Gasteiger partial charge in [-0.3, -0.25) is 14.4 Å². The Balaban J connectivity index is 1.91. The van der Waals surface area contributed by atoms with E-state index in [1.807, 2.05) is 14.0 Å². The number of likely N-dealkylation sites (N-methyl/N-ethyl adjacent to an activating group) is 1. The fraction of sp³-hybridized carbons (Fsp3) is 0.714. The van der Waals surface area contributed by atoms with Crippen LogP contribution in [-0.4, -0.2) is 46.3 Å². The number of nitrogens with zero attached hydrogens (tertiary/aromatic N) is 3. The summed E-state index contributed by atoms with van der Waals surface area (Å²) in [7, 11) is 1.85. The first kappa shape index (κ1) is 14.1. The lowest BCUT2D eigenvalue weighted by Crippen LogP contribution is -2.46. The molecule has 1 aromatic rings. The molecular formula is C14H24N4O. The van der Waals surface area contributed by atoms with E-state index in [4.69, 9.17) is 0 Å². The minimum atomic E-state index is -0.00720. The Morgan fingerprint density at radius 3 is 2.95 bits per heavy atom. The summed E-state index contributed by atoms with van der Waals surface area (Å²) in [6.07, 6.45) is 5.37. The van der Waals surface area contributed by atoms with Gasteiger partial charge >= 0.3 is 0 Å². The molecule has 1 N–H and O–H groups in total. The number of rotatable bonds is 4. The van der Waals surface area contributed by atoms with Crippen molar-refractivity contribution in [3.05, 3.63) is 17.5 Å². The molecule has 1 aliphatic rings. The van der Waals surface area contributed by atoms with Crippen LogP contribution in [-0.2, 0) is 7.05 Å². The highest BCUT2D eigenvalue weighted by atomic mass is 16.1. The molecule has 0 radical (unpaired) electrons. The maximum Gasteiger partial charge on any atom is 0.254 e. The predicted molar refractivity (Wildman–Crippen MR) is 75.2 cm³/mol. The Hall–Kier alpha value is -1.36. The molecule has 0 aliphatic carbocycles. The van der Waals surface area contributed by atoms with E-state index in [2.05, 4.69) is 22.2 Å². The molecule has 1 aliphatic heterocycles. The monoisotopic (exact) mass is 264 g/mol. The topological polar surface area (TPSA) is 50.2 Å². The molecule has 2 heterocycles. The van der Waals surface area contributed by atoms with E-state index in [0.717, 1.165) is 25.3 Å². The highest BCUT2D eigenvalue weighted by molar-refractivity contribution is 5.95. The largest absolute Gasteiger partial charge is 0.350 e. The summed E-state index contributed by atoms with van der Waals surface area (Å²) in [5.74, 6) is -0.00720. The lowest BCUT2D eigenvalue weighted by Gasteiger charge is -2.34. The highest BCUT2D eigenvalue weighted by Crippen LogP contribution is 2.16. The number of nitrogens with one attached hydrogen (secondary N) is 1. The summed E-state index contributed by atoms with van der Waals surface area (Å²) in [5.41, 5.74) is 1.59. The van der Waals surface area contributed by atoms with E-state index >= 15 is 0 Å². The molecule has 5 nitrogen and oxygen atoms in total. The van der Waals surface area contributed by atoms with Gasteiger partial charge in [-0.15, -0.1) is 0 Å². The van der Waals surface area contributed by atoms with Crippen LogP contribution in [0.4, 0.5) is 0 Å². The average molecular weight is 264 g/mol. The summed E-state index contributed by atoms with van der Waals surface area (Å²) in [5, 5.41) is 7.16. The minimum Gasteiger partial charge on any atom is -0.350 e. The quantitative estimate of drug-likeness (QED) is 0.892. The van der Waals surface area contributed by atoms with E-state index in [-0.39, 0.29) is 5.91 Å². The molecule has 106 valence electrons. The molecule has 2 rings (SSSR count). The summed E-state index contributed by atoms with van der Waals surface area (Å²) in [6, 6.07) is 0.486. The Labute approximate surface area is 115 Å². The fourth-order valence-corrected chi connectivity index (χ4v) is 2.73. The van der Waals surface area contributed by atoms with Gasteiger partial charge in [0.2, 0.25) is 0 Å². The molecule has 0 unspecified atom stereocenters. The highest BCUT2D eigenvalue weighted by Gasteiger charge is 2.22. The molecule has 5 heteroatoms. The Kier molecular flexibility index (Phi) is 4.58. The van der Waals surface area contributed by atoms with E-state index < -0.39 is 0 Å². The van der Waals surface area contributed by atoms with Crippen molar-refractivity contribution in [2.45, 2.75) is 39.2 Å². The molecule has 0 saturated carbocycles. The third-order valence-corrected chi connectivity index (χ3v) is 4.13. The second kappa shape index (κ2) is 6.19. The SMILES string of the molecule is CCN1CCCC[C@@H]1CNC(=O)c1cnn(C)c1C. The lowest BCUT2D eigenvalue weighted by atomic mass is 10.0. The van der Waals surface area contributed by atoms with Crippen molar-refractivity contribution >= 4 is 5.91 Å². The van der Waals surface area contributed by atoms with Gasteiger partial charge in [0.15, 0.2) is 0 Å². The Bertz CT molecular complexity index is 441. The van der Waals surface area contributed by atoms with Crippen molar-refractivity contribution < 1.29 is 4.79 Å². The number of hydrogen-bond donors (Lipinski definition) is 1. The lowest BCUT2D eigenvalue weighted by molar-refractivity contribution is 0.0917. The van der Waals surface area contributed by atoms with Gasteiger partial charge in [0.1, 0.15) is 0 Å². The molecule has 0 bridgehead atoms. The van der Waals surface area contributed by atoms with Crippen molar-refractivity contribution in [3.63, 3.8) is 0 Å². The van der Waals surface area contributed by atoms with Crippen molar-refractivity contribution in [1.82, 2.24) is 20.0 Å². The minimum absolute atomic E-state index is 0.00720. The number of aryl methyl sites for hydroxylation is 1. The van der Waals surface area contributed by atoms with Crippen LogP contribution in [0.5, 0.6) is 0 Å². The molecule has 0 aromatic carbocycles. The summed E-state index contributed by atoms with van der Waals surface area (Å²) in [6.45, 7) is 7.06. The van der Waals surface area contributed by atoms with Crippen LogP contribution in [0.2, 0.25) is 0 Å². The van der Waals surface area contributed by atoms with Crippen molar-refractivity contribution in [3.8, 4) is 0 Å². The van der Waals surface area contributed by atoms with E-state index in [9.17, 15) is 4.79 Å². The normalized spacial score (nSPS) is 20.5. The third kappa shape index (κ3) is 3.15. The van der Waals surface area contributed by atoms with Gasteiger partial charge in [-0.2, -0.15) is 5.10 Å². The van der Waals surface area contributed by atoms with Gasteiger partial charge in [-0.05, 0) is 32.9 Å². The maximum atomic E-state index is 12.1. The Morgan fingerprint density at radius 1 is 1.53 bits per heavy atom. The molecule has 0 spiro atoms. The number of aromatic nitrogens is 2. The van der Waals surface area contributed by atoms with Gasteiger partial charge in [0, 0.05) is 25.3 Å². The van der Waals surface area contributed by atoms with Crippen molar-refractivity contribution in [2.24, 2.45) is 7.05 Å². The van der Waals surface area contributed by atoms with E-state index in [1.165, 1.54) is 19.3 Å². The Morgan fingerprint density at radius 2 is 2.32 bits per heavy atom. The molecule has 1 amide bonds.